The van der Waals surface area contributed by atoms with Crippen LogP contribution in [0.2, 0.25) is 0 Å². The van der Waals surface area contributed by atoms with Gasteiger partial charge in [0.1, 0.15) is 11.9 Å². The lowest BCUT2D eigenvalue weighted by Crippen LogP contribution is -2.48. The first kappa shape index (κ1) is 29.9. The van der Waals surface area contributed by atoms with Crippen LogP contribution in [-0.2, 0) is 14.3 Å². The Bertz CT molecular complexity index is 989. The fourth-order valence-electron chi connectivity index (χ4n) is 5.77. The molecule has 4 N–H and O–H groups in total. The average Bonchev–Trinajstić information content (AvgIpc) is 2.83. The van der Waals surface area contributed by atoms with Crippen molar-refractivity contribution in [2.24, 2.45) is 17.8 Å². The van der Waals surface area contributed by atoms with Crippen molar-refractivity contribution in [2.45, 2.75) is 95.7 Å². The highest BCUT2D eigenvalue weighted by Crippen LogP contribution is 2.44. The van der Waals surface area contributed by atoms with Crippen LogP contribution in [0.15, 0.2) is 54.1 Å². The highest BCUT2D eigenvalue weighted by Gasteiger charge is 2.45. The second-order valence-corrected chi connectivity index (χ2v) is 10.9. The maximum atomic E-state index is 13.6. The number of hydrogen-bond acceptors (Lipinski definition) is 7. The predicted molar refractivity (Wildman–Crippen MR) is 142 cm³/mol. The zero-order valence-electron chi connectivity index (χ0n) is 22.5. The normalized spacial score (nSPS) is 27.8. The van der Waals surface area contributed by atoms with Gasteiger partial charge in [-0.3, -0.25) is 4.79 Å². The molecule has 0 saturated carbocycles. The second-order valence-electron chi connectivity index (χ2n) is 10.9. The van der Waals surface area contributed by atoms with Gasteiger partial charge in [-0.1, -0.05) is 56.7 Å². The summed E-state index contributed by atoms with van der Waals surface area (Å²) in [5.74, 6) is -1.01. The molecule has 8 nitrogen and oxygen atoms in total. The minimum Gasteiger partial charge on any atom is -0.481 e. The fraction of sp³-hybridized carbons (Fsp3) is 0.600. The van der Waals surface area contributed by atoms with Crippen LogP contribution in [0.3, 0.4) is 0 Å². The van der Waals surface area contributed by atoms with Crippen LogP contribution in [0.25, 0.3) is 0 Å². The van der Waals surface area contributed by atoms with Gasteiger partial charge in [0.15, 0.2) is 0 Å². The van der Waals surface area contributed by atoms with E-state index in [0.717, 1.165) is 5.57 Å². The standard InChI is InChI=1S/C30H42O8/c1-4-14-30(3,38-24-8-6-5-7-9-24)29(36)37-26-17-22(32)15-20-11-10-19(2)25(28(20)26)13-12-21(31)16-23(33)18-27(34)35/h5-11,15,19,21-23,25-26,28,31-33H,4,12-14,16-18H2,1-3H3,(H,34,35)/t19-,21+,22+,23+,25-,26-,28-,30?/m0/s1. The number of carbonyl (C=O) groups excluding carboxylic acids is 1. The summed E-state index contributed by atoms with van der Waals surface area (Å²) < 4.78 is 12.3. The molecule has 0 amide bonds. The number of para-hydroxylation sites is 1. The second kappa shape index (κ2) is 13.4. The largest absolute Gasteiger partial charge is 0.481 e. The third-order valence-corrected chi connectivity index (χ3v) is 7.66. The number of benzene rings is 1. The van der Waals surface area contributed by atoms with Crippen LogP contribution in [0.5, 0.6) is 5.75 Å². The number of aliphatic hydroxyl groups excluding tert-OH is 3. The van der Waals surface area contributed by atoms with Crippen molar-refractivity contribution in [1.29, 1.82) is 0 Å². The number of esters is 1. The summed E-state index contributed by atoms with van der Waals surface area (Å²) in [6.07, 6.45) is 4.56. The average molecular weight is 531 g/mol. The Kier molecular flexibility index (Phi) is 10.5. The van der Waals surface area contributed by atoms with E-state index in [4.69, 9.17) is 14.6 Å². The van der Waals surface area contributed by atoms with Crippen molar-refractivity contribution in [3.8, 4) is 5.75 Å². The predicted octanol–water partition coefficient (Wildman–Crippen LogP) is 4.03. The van der Waals surface area contributed by atoms with Gasteiger partial charge in [0.2, 0.25) is 5.60 Å². The van der Waals surface area contributed by atoms with Crippen LogP contribution < -0.4 is 4.74 Å². The summed E-state index contributed by atoms with van der Waals surface area (Å²) in [5, 5.41) is 39.8. The molecule has 3 rings (SSSR count). The molecule has 0 fully saturated rings. The Morgan fingerprint density at radius 2 is 1.87 bits per heavy atom. The van der Waals surface area contributed by atoms with Gasteiger partial charge < -0.3 is 29.9 Å². The summed E-state index contributed by atoms with van der Waals surface area (Å²) in [5.41, 5.74) is -0.281. The van der Waals surface area contributed by atoms with Crippen LogP contribution in [0.4, 0.5) is 0 Å². The molecule has 0 saturated heterocycles. The van der Waals surface area contributed by atoms with E-state index >= 15 is 0 Å². The number of hydrogen-bond donors (Lipinski definition) is 4. The summed E-state index contributed by atoms with van der Waals surface area (Å²) in [6, 6.07) is 9.17. The molecule has 1 unspecified atom stereocenters. The molecular weight excluding hydrogens is 488 g/mol. The van der Waals surface area contributed by atoms with Crippen LogP contribution in [0, 0.1) is 17.8 Å². The van der Waals surface area contributed by atoms with Crippen molar-refractivity contribution in [2.75, 3.05) is 0 Å². The minimum absolute atomic E-state index is 0.0140. The number of rotatable bonds is 13. The van der Waals surface area contributed by atoms with Crippen molar-refractivity contribution < 1.29 is 39.5 Å². The summed E-state index contributed by atoms with van der Waals surface area (Å²) in [4.78, 5) is 24.4. The molecule has 0 heterocycles. The maximum Gasteiger partial charge on any atom is 0.350 e. The van der Waals surface area contributed by atoms with Crippen LogP contribution in [0.1, 0.15) is 65.7 Å². The van der Waals surface area contributed by atoms with Crippen LogP contribution >= 0.6 is 0 Å². The molecule has 0 spiro atoms. The van der Waals surface area contributed by atoms with Gasteiger partial charge in [0.25, 0.3) is 0 Å². The van der Waals surface area contributed by atoms with Gasteiger partial charge in [0, 0.05) is 12.3 Å². The molecule has 8 heteroatoms. The molecule has 0 aliphatic heterocycles. The third kappa shape index (κ3) is 7.91. The van der Waals surface area contributed by atoms with Gasteiger partial charge in [0.05, 0.1) is 24.7 Å². The van der Waals surface area contributed by atoms with E-state index in [1.165, 1.54) is 0 Å². The zero-order chi connectivity index (χ0) is 27.9. The number of carboxylic acids is 1. The Morgan fingerprint density at radius 1 is 1.16 bits per heavy atom. The molecule has 0 bridgehead atoms. The number of carbonyl (C=O) groups is 2. The monoisotopic (exact) mass is 530 g/mol. The molecule has 0 aromatic heterocycles. The van der Waals surface area contributed by atoms with Crippen molar-refractivity contribution in [1.82, 2.24) is 0 Å². The topological polar surface area (TPSA) is 134 Å². The SMILES string of the molecule is CCCC(C)(Oc1ccccc1)C(=O)O[C@H]1C[C@H](O)C=C2C=C[C@H](C)[C@H](CC[C@@H](O)C[C@@H](O)CC(=O)O)[C@H]21. The van der Waals surface area contributed by atoms with E-state index in [-0.39, 0.29) is 30.6 Å². The fourth-order valence-corrected chi connectivity index (χ4v) is 5.77. The van der Waals surface area contributed by atoms with Gasteiger partial charge in [-0.25, -0.2) is 4.79 Å². The third-order valence-electron chi connectivity index (χ3n) is 7.66. The number of aliphatic hydroxyl groups is 3. The summed E-state index contributed by atoms with van der Waals surface area (Å²) in [6.45, 7) is 5.79. The lowest BCUT2D eigenvalue weighted by molar-refractivity contribution is -0.172. The van der Waals surface area contributed by atoms with Crippen LogP contribution in [-0.4, -0.2) is 62.4 Å². The lowest BCUT2D eigenvalue weighted by Gasteiger charge is -2.43. The summed E-state index contributed by atoms with van der Waals surface area (Å²) in [7, 11) is 0. The highest BCUT2D eigenvalue weighted by atomic mass is 16.6. The van der Waals surface area contributed by atoms with E-state index in [9.17, 15) is 24.9 Å². The van der Waals surface area contributed by atoms with E-state index in [1.54, 1.807) is 19.1 Å². The Balaban J connectivity index is 1.76. The van der Waals surface area contributed by atoms with E-state index in [2.05, 4.69) is 13.0 Å². The molecule has 2 aliphatic rings. The maximum absolute atomic E-state index is 13.6. The van der Waals surface area contributed by atoms with Crippen molar-refractivity contribution in [3.05, 3.63) is 54.1 Å². The van der Waals surface area contributed by atoms with Gasteiger partial charge in [-0.05, 0) is 62.1 Å². The van der Waals surface area contributed by atoms with Gasteiger partial charge in [-0.2, -0.15) is 0 Å². The van der Waals surface area contributed by atoms with E-state index < -0.39 is 48.4 Å². The Labute approximate surface area is 225 Å². The molecule has 210 valence electrons. The summed E-state index contributed by atoms with van der Waals surface area (Å²) >= 11 is 0. The van der Waals surface area contributed by atoms with Crippen molar-refractivity contribution in [3.63, 3.8) is 0 Å². The lowest BCUT2D eigenvalue weighted by atomic mass is 9.66. The highest BCUT2D eigenvalue weighted by molar-refractivity contribution is 5.80. The number of ether oxygens (including phenoxy) is 2. The first-order chi connectivity index (χ1) is 18.0. The molecular formula is C30H42O8. The van der Waals surface area contributed by atoms with Crippen molar-refractivity contribution >= 4 is 11.9 Å². The number of aliphatic carboxylic acids is 1. The van der Waals surface area contributed by atoms with Gasteiger partial charge in [-0.15, -0.1) is 0 Å². The Hall–Kier alpha value is -2.68. The van der Waals surface area contributed by atoms with Gasteiger partial charge >= 0.3 is 11.9 Å². The molecule has 2 aliphatic carbocycles. The molecule has 1 aromatic carbocycles. The molecule has 0 radical (unpaired) electrons. The van der Waals surface area contributed by atoms with E-state index in [0.29, 0.717) is 31.4 Å². The Morgan fingerprint density at radius 3 is 2.53 bits per heavy atom. The first-order valence-corrected chi connectivity index (χ1v) is 13.6. The minimum atomic E-state index is -1.19. The molecule has 38 heavy (non-hydrogen) atoms. The zero-order valence-corrected chi connectivity index (χ0v) is 22.5. The molecule has 1 aromatic rings. The molecule has 8 atom stereocenters. The van der Waals surface area contributed by atoms with E-state index in [1.807, 2.05) is 37.3 Å². The first-order valence-electron chi connectivity index (χ1n) is 13.6. The number of fused-ring (bicyclic) bond motifs is 1. The number of allylic oxidation sites excluding steroid dienone is 2. The quantitative estimate of drug-likeness (QED) is 0.281. The number of carboxylic acid groups (broad SMARTS) is 1. The smallest absolute Gasteiger partial charge is 0.350 e.